The molecule has 144 valence electrons. The highest BCUT2D eigenvalue weighted by molar-refractivity contribution is 5.90. The lowest BCUT2D eigenvalue weighted by molar-refractivity contribution is -0.127. The summed E-state index contributed by atoms with van der Waals surface area (Å²) in [5, 5.41) is 4.10. The van der Waals surface area contributed by atoms with Gasteiger partial charge in [0.2, 0.25) is 5.91 Å². The zero-order chi connectivity index (χ0) is 19.5. The van der Waals surface area contributed by atoms with E-state index in [1.54, 1.807) is 6.07 Å². The summed E-state index contributed by atoms with van der Waals surface area (Å²) in [6.07, 6.45) is 2.88. The molecule has 1 aromatic heterocycles. The van der Waals surface area contributed by atoms with Gasteiger partial charge in [0, 0.05) is 31.0 Å². The molecule has 0 saturated carbocycles. The maximum Gasteiger partial charge on any atom is 0.222 e. The first-order valence-electron chi connectivity index (χ1n) is 9.23. The van der Waals surface area contributed by atoms with E-state index in [-0.39, 0.29) is 17.7 Å². The maximum atomic E-state index is 14.0. The highest BCUT2D eigenvalue weighted by atomic mass is 19.1. The second kappa shape index (κ2) is 7.80. The predicted octanol–water partition coefficient (Wildman–Crippen LogP) is 3.55. The fourth-order valence-corrected chi connectivity index (χ4v) is 3.53. The summed E-state index contributed by atoms with van der Waals surface area (Å²) in [5.74, 6) is 0.404. The van der Waals surface area contributed by atoms with Crippen molar-refractivity contribution in [1.82, 2.24) is 14.9 Å². The Kier molecular flexibility index (Phi) is 5.06. The lowest BCUT2D eigenvalue weighted by Gasteiger charge is -2.26. The van der Waals surface area contributed by atoms with Crippen LogP contribution in [0.2, 0.25) is 0 Å². The molecule has 1 N–H and O–H groups in total. The summed E-state index contributed by atoms with van der Waals surface area (Å²) < 4.78 is 19.2. The van der Waals surface area contributed by atoms with Crippen molar-refractivity contribution in [3.63, 3.8) is 0 Å². The number of likely N-dealkylation sites (tertiary alicyclic amines) is 1. The lowest BCUT2D eigenvalue weighted by Crippen LogP contribution is -2.32. The van der Waals surface area contributed by atoms with Gasteiger partial charge in [-0.1, -0.05) is 30.3 Å². The van der Waals surface area contributed by atoms with Crippen LogP contribution in [0, 0.1) is 5.82 Å². The van der Waals surface area contributed by atoms with Gasteiger partial charge in [-0.15, -0.1) is 0 Å². The van der Waals surface area contributed by atoms with Crippen LogP contribution in [0.5, 0.6) is 5.75 Å². The molecule has 7 heteroatoms. The molecule has 1 saturated heterocycles. The smallest absolute Gasteiger partial charge is 0.222 e. The molecule has 0 unspecified atom stereocenters. The third-order valence-electron chi connectivity index (χ3n) is 5.00. The van der Waals surface area contributed by atoms with Gasteiger partial charge in [-0.2, -0.15) is 0 Å². The third kappa shape index (κ3) is 3.60. The van der Waals surface area contributed by atoms with Gasteiger partial charge in [0.1, 0.15) is 12.1 Å². The van der Waals surface area contributed by atoms with Gasteiger partial charge in [-0.3, -0.25) is 4.79 Å². The average Bonchev–Trinajstić information content (AvgIpc) is 3.12. The topological polar surface area (TPSA) is 67.3 Å². The largest absolute Gasteiger partial charge is 0.494 e. The van der Waals surface area contributed by atoms with Gasteiger partial charge >= 0.3 is 0 Å². The molecule has 28 heavy (non-hydrogen) atoms. The van der Waals surface area contributed by atoms with E-state index in [2.05, 4.69) is 15.3 Å². The summed E-state index contributed by atoms with van der Waals surface area (Å²) in [7, 11) is 1.42. The Balaban J connectivity index is 1.71. The van der Waals surface area contributed by atoms with E-state index >= 15 is 0 Å². The maximum absolute atomic E-state index is 14.0. The van der Waals surface area contributed by atoms with E-state index in [9.17, 15) is 9.18 Å². The van der Waals surface area contributed by atoms with Crippen LogP contribution in [-0.2, 0) is 4.79 Å². The number of amides is 1. The monoisotopic (exact) mass is 380 g/mol. The quantitative estimate of drug-likeness (QED) is 0.708. The summed E-state index contributed by atoms with van der Waals surface area (Å²) in [6.45, 7) is 1.29. The van der Waals surface area contributed by atoms with Crippen LogP contribution in [0.1, 0.15) is 24.4 Å². The second-order valence-electron chi connectivity index (χ2n) is 6.78. The van der Waals surface area contributed by atoms with E-state index in [4.69, 9.17) is 4.74 Å². The van der Waals surface area contributed by atoms with Crippen molar-refractivity contribution in [2.75, 3.05) is 25.5 Å². The molecular formula is C21H21FN4O2. The van der Waals surface area contributed by atoms with Crippen molar-refractivity contribution in [1.29, 1.82) is 0 Å². The number of hydrogen-bond donors (Lipinski definition) is 1. The number of anilines is 1. The number of halogens is 1. The Hall–Kier alpha value is -3.22. The first-order valence-corrected chi connectivity index (χ1v) is 9.23. The number of methoxy groups -OCH3 is 1. The van der Waals surface area contributed by atoms with E-state index < -0.39 is 5.82 Å². The van der Waals surface area contributed by atoms with Crippen LogP contribution >= 0.6 is 0 Å². The molecule has 3 aromatic rings. The molecule has 0 bridgehead atoms. The van der Waals surface area contributed by atoms with Gasteiger partial charge in [-0.25, -0.2) is 14.4 Å². The Morgan fingerprint density at radius 1 is 1.25 bits per heavy atom. The summed E-state index contributed by atoms with van der Waals surface area (Å²) in [4.78, 5) is 22.5. The molecule has 2 aromatic carbocycles. The lowest BCUT2D eigenvalue weighted by atomic mass is 10.1. The first-order chi connectivity index (χ1) is 13.7. The fourth-order valence-electron chi connectivity index (χ4n) is 3.53. The summed E-state index contributed by atoms with van der Waals surface area (Å²) >= 11 is 0. The van der Waals surface area contributed by atoms with E-state index in [0.29, 0.717) is 29.7 Å². The van der Waals surface area contributed by atoms with Crippen LogP contribution in [0.25, 0.3) is 10.9 Å². The number of nitrogens with zero attached hydrogens (tertiary/aromatic N) is 3. The Bertz CT molecular complexity index is 996. The molecule has 6 nitrogen and oxygen atoms in total. The minimum atomic E-state index is -0.470. The number of carbonyl (C=O) groups is 1. The van der Waals surface area contributed by atoms with Crippen LogP contribution in [0.15, 0.2) is 48.8 Å². The van der Waals surface area contributed by atoms with Gasteiger partial charge in [0.05, 0.1) is 18.7 Å². The SMILES string of the molecule is COc1cc2c(N[C@@H](CN3CCCC3=O)c3ccccc3)ncnc2cc1F. The molecule has 0 radical (unpaired) electrons. The predicted molar refractivity (Wildman–Crippen MR) is 105 cm³/mol. The molecular weight excluding hydrogens is 359 g/mol. The standard InChI is InChI=1S/C21H21FN4O2/c1-28-19-10-15-17(11-16(19)22)23-13-24-21(15)25-18(14-6-3-2-4-7-14)12-26-9-5-8-20(26)27/h2-4,6-7,10-11,13,18H,5,8-9,12H2,1H3,(H,23,24,25)/t18-/m0/s1. The number of ether oxygens (including phenoxy) is 1. The average molecular weight is 380 g/mol. The van der Waals surface area contributed by atoms with Crippen LogP contribution in [0.3, 0.4) is 0 Å². The fraction of sp³-hybridized carbons (Fsp3) is 0.286. The van der Waals surface area contributed by atoms with E-state index in [1.807, 2.05) is 35.2 Å². The molecule has 4 rings (SSSR count). The van der Waals surface area contributed by atoms with E-state index in [0.717, 1.165) is 18.5 Å². The minimum Gasteiger partial charge on any atom is -0.494 e. The molecule has 1 aliphatic rings. The van der Waals surface area contributed by atoms with Gasteiger partial charge in [-0.05, 0) is 18.1 Å². The van der Waals surface area contributed by atoms with E-state index in [1.165, 1.54) is 19.5 Å². The van der Waals surface area contributed by atoms with Crippen molar-refractivity contribution in [3.8, 4) is 5.75 Å². The Morgan fingerprint density at radius 3 is 2.79 bits per heavy atom. The van der Waals surface area contributed by atoms with Crippen molar-refractivity contribution in [2.24, 2.45) is 0 Å². The van der Waals surface area contributed by atoms with Gasteiger partial charge in [0.15, 0.2) is 11.6 Å². The van der Waals surface area contributed by atoms with Crippen LogP contribution < -0.4 is 10.1 Å². The molecule has 0 aliphatic carbocycles. The molecule has 0 spiro atoms. The normalized spacial score (nSPS) is 15.1. The molecule has 1 atom stereocenters. The van der Waals surface area contributed by atoms with Crippen molar-refractivity contribution >= 4 is 22.6 Å². The number of hydrogen-bond acceptors (Lipinski definition) is 5. The zero-order valence-electron chi connectivity index (χ0n) is 15.6. The van der Waals surface area contributed by atoms with Crippen LogP contribution in [-0.4, -0.2) is 41.0 Å². The highest BCUT2D eigenvalue weighted by Crippen LogP contribution is 2.30. The minimum absolute atomic E-state index is 0.135. The molecule has 1 fully saturated rings. The van der Waals surface area contributed by atoms with Crippen molar-refractivity contribution < 1.29 is 13.9 Å². The highest BCUT2D eigenvalue weighted by Gasteiger charge is 2.25. The van der Waals surface area contributed by atoms with Gasteiger partial charge in [0.25, 0.3) is 0 Å². The zero-order valence-corrected chi connectivity index (χ0v) is 15.6. The molecule has 2 heterocycles. The summed E-state index contributed by atoms with van der Waals surface area (Å²) in [6, 6.07) is 12.7. The second-order valence-corrected chi connectivity index (χ2v) is 6.78. The number of benzene rings is 2. The number of rotatable bonds is 6. The van der Waals surface area contributed by atoms with Crippen molar-refractivity contribution in [3.05, 3.63) is 60.2 Å². The van der Waals surface area contributed by atoms with Crippen molar-refractivity contribution in [2.45, 2.75) is 18.9 Å². The number of nitrogens with one attached hydrogen (secondary N) is 1. The summed E-state index contributed by atoms with van der Waals surface area (Å²) in [5.41, 5.74) is 1.53. The number of aromatic nitrogens is 2. The molecule has 1 amide bonds. The Morgan fingerprint density at radius 2 is 2.07 bits per heavy atom. The number of fused-ring (bicyclic) bond motifs is 1. The van der Waals surface area contributed by atoms with Crippen LogP contribution in [0.4, 0.5) is 10.2 Å². The molecule has 1 aliphatic heterocycles. The Labute approximate surface area is 162 Å². The van der Waals surface area contributed by atoms with Gasteiger partial charge < -0.3 is 15.0 Å². The first kappa shape index (κ1) is 18.2. The third-order valence-corrected chi connectivity index (χ3v) is 5.00. The number of carbonyl (C=O) groups excluding carboxylic acids is 1.